The maximum Gasteiger partial charge on any atom is 0.160 e. The molecule has 1 aromatic carbocycles. The maximum atomic E-state index is 9.83. The second-order valence-electron chi connectivity index (χ2n) is 5.20. The number of phenols is 1. The molecule has 0 amide bonds. The van der Waals surface area contributed by atoms with Crippen LogP contribution in [0.1, 0.15) is 31.2 Å². The van der Waals surface area contributed by atoms with E-state index in [1.807, 2.05) is 12.1 Å². The number of benzene rings is 1. The van der Waals surface area contributed by atoms with Gasteiger partial charge in [0, 0.05) is 12.6 Å². The zero-order chi connectivity index (χ0) is 13.7. The Bertz CT molecular complexity index is 413. The molecule has 1 unspecified atom stereocenters. The molecule has 2 rings (SSSR count). The molecule has 114 valence electrons. The Morgan fingerprint density at radius 3 is 2.85 bits per heavy atom. The van der Waals surface area contributed by atoms with Crippen LogP contribution in [0.3, 0.4) is 0 Å². The molecule has 3 N–H and O–H groups in total. The van der Waals surface area contributed by atoms with Crippen LogP contribution in [0.5, 0.6) is 11.5 Å². The van der Waals surface area contributed by atoms with Crippen LogP contribution in [0.15, 0.2) is 18.2 Å². The average molecular weight is 301 g/mol. The Kier molecular flexibility index (Phi) is 7.13. The van der Waals surface area contributed by atoms with E-state index in [9.17, 15) is 5.11 Å². The summed E-state index contributed by atoms with van der Waals surface area (Å²) in [4.78, 5) is 2.48. The van der Waals surface area contributed by atoms with Crippen molar-refractivity contribution in [2.24, 2.45) is 5.73 Å². The van der Waals surface area contributed by atoms with Crippen LogP contribution in [-0.4, -0.2) is 36.2 Å². The molecule has 5 heteroatoms. The Morgan fingerprint density at radius 1 is 1.40 bits per heavy atom. The van der Waals surface area contributed by atoms with Gasteiger partial charge in [0.05, 0.1) is 7.11 Å². The molecule has 1 aliphatic heterocycles. The standard InChI is InChI=1S/C15H24N2O2.ClH/c1-19-15-6-5-12(10-14(15)18)11-17-9-3-2-4-13(17)7-8-16;/h5-6,10,13,18H,2-4,7-9,11,16H2,1H3;1H. The molecular formula is C15H25ClN2O2. The maximum absolute atomic E-state index is 9.83. The normalized spacial score (nSPS) is 19.4. The molecule has 0 saturated carbocycles. The highest BCUT2D eigenvalue weighted by Gasteiger charge is 2.21. The van der Waals surface area contributed by atoms with Crippen LogP contribution in [0.4, 0.5) is 0 Å². The molecule has 0 aromatic heterocycles. The Morgan fingerprint density at radius 2 is 2.20 bits per heavy atom. The molecule has 1 fully saturated rings. The second kappa shape index (κ2) is 8.35. The molecule has 0 bridgehead atoms. The molecule has 1 heterocycles. The lowest BCUT2D eigenvalue weighted by Gasteiger charge is -2.35. The Hall–Kier alpha value is -0.970. The van der Waals surface area contributed by atoms with Gasteiger partial charge in [-0.2, -0.15) is 0 Å². The topological polar surface area (TPSA) is 58.7 Å². The van der Waals surface area contributed by atoms with Gasteiger partial charge < -0.3 is 15.6 Å². The zero-order valence-corrected chi connectivity index (χ0v) is 12.9. The summed E-state index contributed by atoms with van der Waals surface area (Å²) < 4.78 is 5.07. The molecule has 1 aliphatic rings. The van der Waals surface area contributed by atoms with Gasteiger partial charge in [0.1, 0.15) is 0 Å². The molecule has 1 aromatic rings. The minimum atomic E-state index is 0. The number of likely N-dealkylation sites (tertiary alicyclic amines) is 1. The lowest BCUT2D eigenvalue weighted by atomic mass is 9.98. The molecule has 1 atom stereocenters. The van der Waals surface area contributed by atoms with Crippen molar-refractivity contribution in [3.63, 3.8) is 0 Å². The summed E-state index contributed by atoms with van der Waals surface area (Å²) in [7, 11) is 1.57. The molecule has 0 aliphatic carbocycles. The Labute approximate surface area is 127 Å². The number of methoxy groups -OCH3 is 1. The zero-order valence-electron chi connectivity index (χ0n) is 12.0. The highest BCUT2D eigenvalue weighted by atomic mass is 35.5. The van der Waals surface area contributed by atoms with E-state index < -0.39 is 0 Å². The number of hydrogen-bond acceptors (Lipinski definition) is 4. The number of aromatic hydroxyl groups is 1. The number of phenolic OH excluding ortho intramolecular Hbond substituents is 1. The predicted molar refractivity (Wildman–Crippen MR) is 83.6 cm³/mol. The van der Waals surface area contributed by atoms with Crippen LogP contribution in [0, 0.1) is 0 Å². The van der Waals surface area contributed by atoms with E-state index in [0.717, 1.165) is 31.6 Å². The monoisotopic (exact) mass is 300 g/mol. The lowest BCUT2D eigenvalue weighted by Crippen LogP contribution is -2.40. The van der Waals surface area contributed by atoms with E-state index in [-0.39, 0.29) is 18.2 Å². The van der Waals surface area contributed by atoms with E-state index in [0.29, 0.717) is 11.8 Å². The van der Waals surface area contributed by atoms with Crippen molar-refractivity contribution in [2.75, 3.05) is 20.2 Å². The number of nitrogens with zero attached hydrogens (tertiary/aromatic N) is 1. The number of piperidine rings is 1. The van der Waals surface area contributed by atoms with Crippen molar-refractivity contribution in [3.05, 3.63) is 23.8 Å². The van der Waals surface area contributed by atoms with Crippen LogP contribution >= 0.6 is 12.4 Å². The van der Waals surface area contributed by atoms with Crippen molar-refractivity contribution < 1.29 is 9.84 Å². The van der Waals surface area contributed by atoms with Crippen LogP contribution in [0.25, 0.3) is 0 Å². The lowest BCUT2D eigenvalue weighted by molar-refractivity contribution is 0.134. The average Bonchev–Trinajstić information content (AvgIpc) is 2.41. The van der Waals surface area contributed by atoms with Gasteiger partial charge in [0.15, 0.2) is 11.5 Å². The van der Waals surface area contributed by atoms with Crippen LogP contribution in [0.2, 0.25) is 0 Å². The van der Waals surface area contributed by atoms with Gasteiger partial charge in [-0.05, 0) is 50.0 Å². The first-order valence-corrected chi connectivity index (χ1v) is 7.04. The van der Waals surface area contributed by atoms with Gasteiger partial charge in [-0.25, -0.2) is 0 Å². The van der Waals surface area contributed by atoms with Crippen molar-refractivity contribution in [1.29, 1.82) is 0 Å². The van der Waals surface area contributed by atoms with Gasteiger partial charge in [0.25, 0.3) is 0 Å². The molecule has 20 heavy (non-hydrogen) atoms. The number of hydrogen-bond donors (Lipinski definition) is 2. The fourth-order valence-electron chi connectivity index (χ4n) is 2.86. The second-order valence-corrected chi connectivity index (χ2v) is 5.20. The van der Waals surface area contributed by atoms with E-state index in [4.69, 9.17) is 10.5 Å². The van der Waals surface area contributed by atoms with Gasteiger partial charge in [-0.3, -0.25) is 4.90 Å². The highest BCUT2D eigenvalue weighted by Crippen LogP contribution is 2.28. The summed E-state index contributed by atoms with van der Waals surface area (Å²) in [5.74, 6) is 0.744. The SMILES string of the molecule is COc1ccc(CN2CCCCC2CCN)cc1O.Cl. The first kappa shape index (κ1) is 17.1. The summed E-state index contributed by atoms with van der Waals surface area (Å²) in [6.07, 6.45) is 4.85. The van der Waals surface area contributed by atoms with E-state index in [2.05, 4.69) is 4.90 Å². The first-order valence-electron chi connectivity index (χ1n) is 7.04. The summed E-state index contributed by atoms with van der Waals surface area (Å²) in [6.45, 7) is 2.74. The minimum absolute atomic E-state index is 0. The third kappa shape index (κ3) is 4.27. The van der Waals surface area contributed by atoms with Crippen LogP contribution in [-0.2, 0) is 6.54 Å². The third-order valence-electron chi connectivity index (χ3n) is 3.88. The quantitative estimate of drug-likeness (QED) is 0.877. The largest absolute Gasteiger partial charge is 0.504 e. The predicted octanol–water partition coefficient (Wildman–Crippen LogP) is 2.53. The fourth-order valence-corrected chi connectivity index (χ4v) is 2.86. The van der Waals surface area contributed by atoms with Crippen molar-refractivity contribution in [3.8, 4) is 11.5 Å². The van der Waals surface area contributed by atoms with E-state index >= 15 is 0 Å². The first-order chi connectivity index (χ1) is 9.24. The molecular weight excluding hydrogens is 276 g/mol. The summed E-state index contributed by atoms with van der Waals surface area (Å²) in [6, 6.07) is 6.23. The van der Waals surface area contributed by atoms with Crippen molar-refractivity contribution in [1.82, 2.24) is 4.90 Å². The summed E-state index contributed by atoms with van der Waals surface area (Å²) in [5.41, 5.74) is 6.82. The smallest absolute Gasteiger partial charge is 0.160 e. The van der Waals surface area contributed by atoms with Crippen molar-refractivity contribution >= 4 is 12.4 Å². The molecule has 1 saturated heterocycles. The summed E-state index contributed by atoms with van der Waals surface area (Å²) in [5, 5.41) is 9.83. The van der Waals surface area contributed by atoms with Gasteiger partial charge in [-0.1, -0.05) is 12.5 Å². The van der Waals surface area contributed by atoms with Crippen molar-refractivity contribution in [2.45, 2.75) is 38.3 Å². The number of halogens is 1. The van der Waals surface area contributed by atoms with E-state index in [1.54, 1.807) is 13.2 Å². The fraction of sp³-hybridized carbons (Fsp3) is 0.600. The van der Waals surface area contributed by atoms with Gasteiger partial charge in [-0.15, -0.1) is 12.4 Å². The third-order valence-corrected chi connectivity index (χ3v) is 3.88. The number of nitrogens with two attached hydrogens (primary N) is 1. The summed E-state index contributed by atoms with van der Waals surface area (Å²) >= 11 is 0. The minimum Gasteiger partial charge on any atom is -0.504 e. The highest BCUT2D eigenvalue weighted by molar-refractivity contribution is 5.85. The molecule has 4 nitrogen and oxygen atoms in total. The van der Waals surface area contributed by atoms with Gasteiger partial charge >= 0.3 is 0 Å². The number of rotatable bonds is 5. The molecule has 0 radical (unpaired) electrons. The molecule has 0 spiro atoms. The number of ether oxygens (including phenoxy) is 1. The van der Waals surface area contributed by atoms with Gasteiger partial charge in [0.2, 0.25) is 0 Å². The van der Waals surface area contributed by atoms with E-state index in [1.165, 1.54) is 19.3 Å². The van der Waals surface area contributed by atoms with Crippen LogP contribution < -0.4 is 10.5 Å². The Balaban J connectivity index is 0.00000200.